The van der Waals surface area contributed by atoms with Crippen LogP contribution in [0.2, 0.25) is 0 Å². The molecule has 2 saturated heterocycles. The van der Waals surface area contributed by atoms with E-state index in [2.05, 4.69) is 20.4 Å². The summed E-state index contributed by atoms with van der Waals surface area (Å²) in [6.45, 7) is 7.25. The standard InChI is InChI=1S/C12H20N4O2/c1-10-14-15-11(18-10)16-5-6-17-9-12(8-16)3-2-4-13-7-12/h13H,2-9H2,1H3/t12-/m1/s1. The van der Waals surface area contributed by atoms with Gasteiger partial charge in [-0.15, -0.1) is 5.10 Å². The van der Waals surface area contributed by atoms with E-state index in [9.17, 15) is 0 Å². The van der Waals surface area contributed by atoms with E-state index in [-0.39, 0.29) is 5.41 Å². The van der Waals surface area contributed by atoms with Gasteiger partial charge >= 0.3 is 6.01 Å². The van der Waals surface area contributed by atoms with Crippen LogP contribution in [0.25, 0.3) is 0 Å². The number of anilines is 1. The highest BCUT2D eigenvalue weighted by atomic mass is 16.5. The van der Waals surface area contributed by atoms with Crippen molar-refractivity contribution in [2.75, 3.05) is 44.3 Å². The summed E-state index contributed by atoms with van der Waals surface area (Å²) in [5.74, 6) is 0.617. The predicted octanol–water partition coefficient (Wildman–Crippen LogP) is 0.584. The third-order valence-electron chi connectivity index (χ3n) is 3.79. The molecule has 0 aromatic carbocycles. The molecule has 3 heterocycles. The number of nitrogens with one attached hydrogen (secondary N) is 1. The van der Waals surface area contributed by atoms with Crippen molar-refractivity contribution < 1.29 is 9.15 Å². The second-order valence-corrected chi connectivity index (χ2v) is 5.36. The molecular weight excluding hydrogens is 232 g/mol. The van der Waals surface area contributed by atoms with Crippen molar-refractivity contribution in [1.29, 1.82) is 0 Å². The normalized spacial score (nSPS) is 29.5. The van der Waals surface area contributed by atoms with Gasteiger partial charge in [0.25, 0.3) is 0 Å². The van der Waals surface area contributed by atoms with Gasteiger partial charge in [-0.3, -0.25) is 0 Å². The van der Waals surface area contributed by atoms with Gasteiger partial charge in [0.05, 0.1) is 13.2 Å². The summed E-state index contributed by atoms with van der Waals surface area (Å²) in [5.41, 5.74) is 0.192. The maximum atomic E-state index is 5.77. The Morgan fingerprint density at radius 1 is 1.39 bits per heavy atom. The molecule has 6 heteroatoms. The van der Waals surface area contributed by atoms with Gasteiger partial charge in [0.2, 0.25) is 5.89 Å². The molecule has 1 aromatic rings. The lowest BCUT2D eigenvalue weighted by molar-refractivity contribution is 0.0536. The summed E-state index contributed by atoms with van der Waals surface area (Å²) >= 11 is 0. The second-order valence-electron chi connectivity index (χ2n) is 5.36. The number of aromatic nitrogens is 2. The van der Waals surface area contributed by atoms with Crippen LogP contribution in [0.4, 0.5) is 6.01 Å². The molecule has 1 atom stereocenters. The molecule has 100 valence electrons. The van der Waals surface area contributed by atoms with Crippen molar-refractivity contribution in [2.24, 2.45) is 5.41 Å². The van der Waals surface area contributed by atoms with Gasteiger partial charge in [-0.25, -0.2) is 0 Å². The van der Waals surface area contributed by atoms with E-state index in [0.29, 0.717) is 11.9 Å². The van der Waals surface area contributed by atoms with Crippen LogP contribution in [0.1, 0.15) is 18.7 Å². The van der Waals surface area contributed by atoms with Gasteiger partial charge in [-0.2, -0.15) is 0 Å². The summed E-state index contributed by atoms with van der Waals surface area (Å²) in [7, 11) is 0. The Morgan fingerprint density at radius 3 is 3.06 bits per heavy atom. The summed E-state index contributed by atoms with van der Waals surface area (Å²) in [5, 5.41) is 11.5. The SMILES string of the molecule is Cc1nnc(N2CCOC[C@@]3(CCCNC3)C2)o1. The molecule has 0 unspecified atom stereocenters. The Bertz CT molecular complexity index is 401. The zero-order valence-electron chi connectivity index (χ0n) is 10.8. The molecule has 6 nitrogen and oxygen atoms in total. The summed E-state index contributed by atoms with van der Waals surface area (Å²) in [6.07, 6.45) is 2.41. The lowest BCUT2D eigenvalue weighted by atomic mass is 9.81. The Kier molecular flexibility index (Phi) is 3.22. The van der Waals surface area contributed by atoms with E-state index < -0.39 is 0 Å². The van der Waals surface area contributed by atoms with Crippen molar-refractivity contribution in [3.05, 3.63) is 5.89 Å². The molecule has 0 saturated carbocycles. The quantitative estimate of drug-likeness (QED) is 0.789. The molecule has 0 radical (unpaired) electrons. The van der Waals surface area contributed by atoms with Crippen molar-refractivity contribution in [1.82, 2.24) is 15.5 Å². The zero-order valence-corrected chi connectivity index (χ0v) is 10.8. The summed E-state index contributed by atoms with van der Waals surface area (Å²) < 4.78 is 11.3. The molecule has 1 aromatic heterocycles. The highest BCUT2D eigenvalue weighted by Crippen LogP contribution is 2.31. The largest absolute Gasteiger partial charge is 0.408 e. The van der Waals surface area contributed by atoms with Crippen LogP contribution in [0.3, 0.4) is 0 Å². The minimum absolute atomic E-state index is 0.192. The van der Waals surface area contributed by atoms with Gasteiger partial charge in [-0.05, 0) is 19.4 Å². The molecule has 1 N–H and O–H groups in total. The molecule has 3 rings (SSSR count). The molecule has 0 bridgehead atoms. The van der Waals surface area contributed by atoms with Crippen LogP contribution in [-0.2, 0) is 4.74 Å². The maximum Gasteiger partial charge on any atom is 0.318 e. The van der Waals surface area contributed by atoms with Gasteiger partial charge in [0.1, 0.15) is 0 Å². The molecule has 1 spiro atoms. The Balaban J connectivity index is 1.78. The van der Waals surface area contributed by atoms with Crippen LogP contribution in [-0.4, -0.2) is 49.6 Å². The minimum Gasteiger partial charge on any atom is -0.408 e. The maximum absolute atomic E-state index is 5.77. The average Bonchev–Trinajstić information content (AvgIpc) is 2.71. The first-order valence-corrected chi connectivity index (χ1v) is 6.61. The minimum atomic E-state index is 0.192. The molecule has 0 amide bonds. The van der Waals surface area contributed by atoms with E-state index in [1.807, 2.05) is 6.92 Å². The fraction of sp³-hybridized carbons (Fsp3) is 0.833. The monoisotopic (exact) mass is 252 g/mol. The van der Waals surface area contributed by atoms with E-state index in [1.54, 1.807) is 0 Å². The molecular formula is C12H20N4O2. The van der Waals surface area contributed by atoms with E-state index >= 15 is 0 Å². The van der Waals surface area contributed by atoms with Crippen LogP contribution in [0.15, 0.2) is 4.42 Å². The molecule has 0 aliphatic carbocycles. The topological polar surface area (TPSA) is 63.4 Å². The highest BCUT2D eigenvalue weighted by molar-refractivity contribution is 5.25. The Labute approximate surface area is 107 Å². The van der Waals surface area contributed by atoms with Crippen LogP contribution in [0.5, 0.6) is 0 Å². The molecule has 2 aliphatic heterocycles. The Morgan fingerprint density at radius 2 is 2.33 bits per heavy atom. The van der Waals surface area contributed by atoms with Gasteiger partial charge in [-0.1, -0.05) is 5.10 Å². The molecule has 2 fully saturated rings. The number of aryl methyl sites for hydroxylation is 1. The summed E-state index contributed by atoms with van der Waals surface area (Å²) in [6, 6.07) is 0.628. The van der Waals surface area contributed by atoms with Crippen LogP contribution >= 0.6 is 0 Å². The van der Waals surface area contributed by atoms with E-state index in [4.69, 9.17) is 9.15 Å². The fourth-order valence-corrected chi connectivity index (χ4v) is 2.86. The number of rotatable bonds is 1. The lowest BCUT2D eigenvalue weighted by Gasteiger charge is -2.38. The molecule has 18 heavy (non-hydrogen) atoms. The van der Waals surface area contributed by atoms with Crippen molar-refractivity contribution >= 4 is 6.01 Å². The first kappa shape index (κ1) is 11.9. The first-order valence-electron chi connectivity index (χ1n) is 6.61. The number of hydrogen-bond donors (Lipinski definition) is 1. The van der Waals surface area contributed by atoms with E-state index in [1.165, 1.54) is 12.8 Å². The van der Waals surface area contributed by atoms with Crippen molar-refractivity contribution in [2.45, 2.75) is 19.8 Å². The Hall–Kier alpha value is -1.14. The number of hydrogen-bond acceptors (Lipinski definition) is 6. The first-order chi connectivity index (χ1) is 8.77. The van der Waals surface area contributed by atoms with Crippen molar-refractivity contribution in [3.63, 3.8) is 0 Å². The van der Waals surface area contributed by atoms with Gasteiger partial charge in [0, 0.05) is 32.0 Å². The van der Waals surface area contributed by atoms with Crippen LogP contribution in [0, 0.1) is 12.3 Å². The van der Waals surface area contributed by atoms with E-state index in [0.717, 1.165) is 39.4 Å². The van der Waals surface area contributed by atoms with Gasteiger partial charge in [0.15, 0.2) is 0 Å². The number of nitrogens with zero attached hydrogens (tertiary/aromatic N) is 3. The zero-order chi connectivity index (χ0) is 12.4. The third kappa shape index (κ3) is 2.35. The average molecular weight is 252 g/mol. The highest BCUT2D eigenvalue weighted by Gasteiger charge is 2.37. The fourth-order valence-electron chi connectivity index (χ4n) is 2.86. The smallest absolute Gasteiger partial charge is 0.318 e. The van der Waals surface area contributed by atoms with Crippen LogP contribution < -0.4 is 10.2 Å². The lowest BCUT2D eigenvalue weighted by Crippen LogP contribution is -2.49. The number of piperidine rings is 1. The van der Waals surface area contributed by atoms with Gasteiger partial charge < -0.3 is 19.4 Å². The van der Waals surface area contributed by atoms with Crippen molar-refractivity contribution in [3.8, 4) is 0 Å². The second kappa shape index (κ2) is 4.85. The molecule has 2 aliphatic rings. The third-order valence-corrected chi connectivity index (χ3v) is 3.79. The number of ether oxygens (including phenoxy) is 1. The predicted molar refractivity (Wildman–Crippen MR) is 66.6 cm³/mol. The summed E-state index contributed by atoms with van der Waals surface area (Å²) in [4.78, 5) is 2.17.